The van der Waals surface area contributed by atoms with Gasteiger partial charge in [-0.25, -0.2) is 4.39 Å². The summed E-state index contributed by atoms with van der Waals surface area (Å²) in [5.41, 5.74) is 0.868. The van der Waals surface area contributed by atoms with Crippen molar-refractivity contribution in [3.63, 3.8) is 0 Å². The maximum atomic E-state index is 13.4. The molecule has 1 aliphatic heterocycles. The SMILES string of the molecule is Oc1cc(CC2CCCNC2)cc(F)c1Br. The van der Waals surface area contributed by atoms with Crippen LogP contribution in [0.1, 0.15) is 18.4 Å². The number of rotatable bonds is 2. The van der Waals surface area contributed by atoms with Crippen LogP contribution in [0.5, 0.6) is 5.75 Å². The van der Waals surface area contributed by atoms with Crippen LogP contribution in [-0.4, -0.2) is 18.2 Å². The molecule has 88 valence electrons. The highest BCUT2D eigenvalue weighted by Gasteiger charge is 2.15. The first-order chi connectivity index (χ1) is 7.66. The Hall–Kier alpha value is -0.610. The van der Waals surface area contributed by atoms with Gasteiger partial charge in [-0.3, -0.25) is 0 Å². The maximum Gasteiger partial charge on any atom is 0.141 e. The van der Waals surface area contributed by atoms with E-state index in [0.717, 1.165) is 25.1 Å². The van der Waals surface area contributed by atoms with Crippen LogP contribution in [0.4, 0.5) is 4.39 Å². The van der Waals surface area contributed by atoms with E-state index in [0.29, 0.717) is 5.92 Å². The largest absolute Gasteiger partial charge is 0.507 e. The van der Waals surface area contributed by atoms with Crippen molar-refractivity contribution >= 4 is 15.9 Å². The second-order valence-electron chi connectivity index (χ2n) is 4.33. The van der Waals surface area contributed by atoms with Crippen molar-refractivity contribution in [2.24, 2.45) is 5.92 Å². The van der Waals surface area contributed by atoms with Gasteiger partial charge in [-0.05, 0) is 71.9 Å². The molecule has 1 saturated heterocycles. The Labute approximate surface area is 103 Å². The van der Waals surface area contributed by atoms with Crippen molar-refractivity contribution in [3.05, 3.63) is 28.0 Å². The predicted octanol–water partition coefficient (Wildman–Crippen LogP) is 2.84. The molecule has 16 heavy (non-hydrogen) atoms. The molecule has 1 atom stereocenters. The van der Waals surface area contributed by atoms with E-state index >= 15 is 0 Å². The molecule has 0 amide bonds. The van der Waals surface area contributed by atoms with Crippen LogP contribution in [0.2, 0.25) is 0 Å². The Bertz CT molecular complexity index is 354. The summed E-state index contributed by atoms with van der Waals surface area (Å²) in [4.78, 5) is 0. The number of hydrogen-bond donors (Lipinski definition) is 2. The normalized spacial score (nSPS) is 21.0. The highest BCUT2D eigenvalue weighted by molar-refractivity contribution is 9.10. The first-order valence-corrected chi connectivity index (χ1v) is 6.33. The van der Waals surface area contributed by atoms with E-state index in [2.05, 4.69) is 21.2 Å². The molecule has 1 aromatic carbocycles. The number of halogens is 2. The maximum absolute atomic E-state index is 13.4. The van der Waals surface area contributed by atoms with E-state index in [1.165, 1.54) is 18.9 Å². The van der Waals surface area contributed by atoms with Crippen LogP contribution >= 0.6 is 15.9 Å². The molecule has 1 unspecified atom stereocenters. The standard InChI is InChI=1S/C12H15BrFNO/c13-12-10(14)5-9(6-11(12)16)4-8-2-1-3-15-7-8/h5-6,8,15-16H,1-4,7H2. The molecule has 2 nitrogen and oxygen atoms in total. The lowest BCUT2D eigenvalue weighted by atomic mass is 9.92. The second-order valence-corrected chi connectivity index (χ2v) is 5.12. The molecule has 1 aliphatic rings. The van der Waals surface area contributed by atoms with Crippen molar-refractivity contribution in [1.29, 1.82) is 0 Å². The Morgan fingerprint density at radius 2 is 2.31 bits per heavy atom. The molecule has 0 bridgehead atoms. The Morgan fingerprint density at radius 3 is 2.94 bits per heavy atom. The fourth-order valence-corrected chi connectivity index (χ4v) is 2.41. The average molecular weight is 288 g/mol. The summed E-state index contributed by atoms with van der Waals surface area (Å²) >= 11 is 3.00. The zero-order valence-electron chi connectivity index (χ0n) is 8.97. The Kier molecular flexibility index (Phi) is 3.82. The summed E-state index contributed by atoms with van der Waals surface area (Å²) in [6, 6.07) is 3.14. The van der Waals surface area contributed by atoms with Gasteiger partial charge in [0.15, 0.2) is 0 Å². The van der Waals surface area contributed by atoms with Gasteiger partial charge in [-0.2, -0.15) is 0 Å². The van der Waals surface area contributed by atoms with Crippen LogP contribution in [-0.2, 0) is 6.42 Å². The molecule has 0 aromatic heterocycles. The molecular formula is C12H15BrFNO. The van der Waals surface area contributed by atoms with Crippen molar-refractivity contribution in [2.45, 2.75) is 19.3 Å². The fraction of sp³-hybridized carbons (Fsp3) is 0.500. The summed E-state index contributed by atoms with van der Waals surface area (Å²) in [7, 11) is 0. The third-order valence-electron chi connectivity index (χ3n) is 2.99. The quantitative estimate of drug-likeness (QED) is 0.877. The third kappa shape index (κ3) is 2.74. The molecule has 0 spiro atoms. The average Bonchev–Trinajstić information content (AvgIpc) is 2.27. The first-order valence-electron chi connectivity index (χ1n) is 5.54. The molecule has 1 fully saturated rings. The van der Waals surface area contributed by atoms with Crippen LogP contribution < -0.4 is 5.32 Å². The third-order valence-corrected chi connectivity index (χ3v) is 3.78. The molecule has 4 heteroatoms. The fourth-order valence-electron chi connectivity index (χ4n) is 2.18. The number of piperidine rings is 1. The van der Waals surface area contributed by atoms with E-state index in [1.807, 2.05) is 0 Å². The van der Waals surface area contributed by atoms with Crippen LogP contribution in [0.15, 0.2) is 16.6 Å². The van der Waals surface area contributed by atoms with Crippen molar-refractivity contribution in [3.8, 4) is 5.75 Å². The summed E-state index contributed by atoms with van der Waals surface area (Å²) in [6.07, 6.45) is 3.17. The van der Waals surface area contributed by atoms with Crippen LogP contribution in [0, 0.1) is 11.7 Å². The van der Waals surface area contributed by atoms with Gasteiger partial charge < -0.3 is 10.4 Å². The lowest BCUT2D eigenvalue weighted by Crippen LogP contribution is -2.30. The van der Waals surface area contributed by atoms with E-state index in [9.17, 15) is 9.50 Å². The number of nitrogens with one attached hydrogen (secondary N) is 1. The van der Waals surface area contributed by atoms with Gasteiger partial charge in [0.25, 0.3) is 0 Å². The van der Waals surface area contributed by atoms with Crippen molar-refractivity contribution in [1.82, 2.24) is 5.32 Å². The Balaban J connectivity index is 2.09. The van der Waals surface area contributed by atoms with Crippen molar-refractivity contribution < 1.29 is 9.50 Å². The predicted molar refractivity (Wildman–Crippen MR) is 65.1 cm³/mol. The number of phenols is 1. The molecular weight excluding hydrogens is 273 g/mol. The van der Waals surface area contributed by atoms with Gasteiger partial charge in [0.2, 0.25) is 0 Å². The second kappa shape index (κ2) is 5.15. The topological polar surface area (TPSA) is 32.3 Å². The molecule has 1 heterocycles. The van der Waals surface area contributed by atoms with Gasteiger partial charge in [0.05, 0.1) is 4.47 Å². The zero-order valence-corrected chi connectivity index (χ0v) is 10.6. The minimum atomic E-state index is -0.390. The summed E-state index contributed by atoms with van der Waals surface area (Å²) in [5, 5.41) is 12.8. The molecule has 0 saturated carbocycles. The highest BCUT2D eigenvalue weighted by atomic mass is 79.9. The molecule has 0 radical (unpaired) electrons. The van der Waals surface area contributed by atoms with Crippen molar-refractivity contribution in [2.75, 3.05) is 13.1 Å². The lowest BCUT2D eigenvalue weighted by molar-refractivity contribution is 0.374. The van der Waals surface area contributed by atoms with Gasteiger partial charge >= 0.3 is 0 Å². The molecule has 0 aliphatic carbocycles. The monoisotopic (exact) mass is 287 g/mol. The first kappa shape index (κ1) is 11.9. The summed E-state index contributed by atoms with van der Waals surface area (Å²) in [5.74, 6) is 0.145. The molecule has 2 N–H and O–H groups in total. The van der Waals surface area contributed by atoms with Gasteiger partial charge in [-0.15, -0.1) is 0 Å². The summed E-state index contributed by atoms with van der Waals surface area (Å²) < 4.78 is 13.5. The molecule has 1 aromatic rings. The minimum absolute atomic E-state index is 0.0150. The minimum Gasteiger partial charge on any atom is -0.507 e. The van der Waals surface area contributed by atoms with Gasteiger partial charge in [0, 0.05) is 0 Å². The number of benzene rings is 1. The van der Waals surface area contributed by atoms with Gasteiger partial charge in [0.1, 0.15) is 11.6 Å². The van der Waals surface area contributed by atoms with Gasteiger partial charge in [-0.1, -0.05) is 0 Å². The van der Waals surface area contributed by atoms with Crippen LogP contribution in [0.3, 0.4) is 0 Å². The number of hydrogen-bond acceptors (Lipinski definition) is 2. The van der Waals surface area contributed by atoms with E-state index in [-0.39, 0.29) is 10.2 Å². The zero-order chi connectivity index (χ0) is 11.5. The number of phenolic OH excluding ortho intramolecular Hbond substituents is 1. The van der Waals surface area contributed by atoms with E-state index < -0.39 is 5.82 Å². The Morgan fingerprint density at radius 1 is 1.50 bits per heavy atom. The highest BCUT2D eigenvalue weighted by Crippen LogP contribution is 2.29. The van der Waals surface area contributed by atoms with Crippen LogP contribution in [0.25, 0.3) is 0 Å². The molecule has 2 rings (SSSR count). The lowest BCUT2D eigenvalue weighted by Gasteiger charge is -2.22. The van der Waals surface area contributed by atoms with E-state index in [4.69, 9.17) is 0 Å². The number of aromatic hydroxyl groups is 1. The summed E-state index contributed by atoms with van der Waals surface area (Å²) in [6.45, 7) is 2.06. The smallest absolute Gasteiger partial charge is 0.141 e. The van der Waals surface area contributed by atoms with E-state index in [1.54, 1.807) is 6.07 Å².